The van der Waals surface area contributed by atoms with E-state index in [2.05, 4.69) is 19.9 Å². The Hall–Kier alpha value is -5.80. The van der Waals surface area contributed by atoms with Gasteiger partial charge in [0.25, 0.3) is 0 Å². The highest BCUT2D eigenvalue weighted by Crippen LogP contribution is 2.43. The van der Waals surface area contributed by atoms with E-state index in [0.29, 0.717) is 99.0 Å². The average Bonchev–Trinajstić information content (AvgIpc) is 3.40. The molecule has 0 saturated heterocycles. The molecular weight excluding hydrogens is 895 g/mol. The maximum atomic E-state index is 13.9. The number of Topliss-reactive ketones (excluding diaryl/α,β-unsaturated/α-hetero) is 2. The molecule has 14 heteroatoms. The summed E-state index contributed by atoms with van der Waals surface area (Å²) in [4.78, 5) is 43.2. The molecule has 2 aliphatic carbocycles. The van der Waals surface area contributed by atoms with Crippen molar-refractivity contribution in [1.82, 2.24) is 19.9 Å². The Morgan fingerprint density at radius 3 is 1.30 bits per heavy atom. The first kappa shape index (κ1) is 52.0. The van der Waals surface area contributed by atoms with E-state index in [1.54, 1.807) is 89.4 Å². The second-order valence-corrected chi connectivity index (χ2v) is 18.4. The molecule has 0 bridgehead atoms. The Morgan fingerprint density at radius 2 is 0.943 bits per heavy atom. The normalized spacial score (nSPS) is 18.9. The molecule has 372 valence electrons. The SMILES string of the molecule is COCCOC[C@@H](CC(=O)c1ccc(OC)nc1)C1CCC(c2ccnc3ccc(F)cc23)CC1.COCCOC[C@H](CC(=O)c1ccc(OC)nc1)C1CCC(c2ccnc3ccc(F)cc23)CC1. The minimum Gasteiger partial charge on any atom is -0.481 e. The van der Waals surface area contributed by atoms with E-state index in [0.717, 1.165) is 73.2 Å². The lowest BCUT2D eigenvalue weighted by atomic mass is 9.72. The molecule has 2 saturated carbocycles. The van der Waals surface area contributed by atoms with Crippen LogP contribution < -0.4 is 9.47 Å². The maximum Gasteiger partial charge on any atom is 0.212 e. The third-order valence-electron chi connectivity index (χ3n) is 14.2. The van der Waals surface area contributed by atoms with E-state index in [-0.39, 0.29) is 35.0 Å². The van der Waals surface area contributed by atoms with Gasteiger partial charge in [-0.25, -0.2) is 18.7 Å². The highest BCUT2D eigenvalue weighted by Gasteiger charge is 2.33. The molecule has 4 aromatic heterocycles. The molecule has 0 N–H and O–H groups in total. The van der Waals surface area contributed by atoms with Gasteiger partial charge in [0.05, 0.1) is 64.9 Å². The van der Waals surface area contributed by atoms with Gasteiger partial charge < -0.3 is 28.4 Å². The van der Waals surface area contributed by atoms with Crippen molar-refractivity contribution in [3.8, 4) is 11.8 Å². The summed E-state index contributed by atoms with van der Waals surface area (Å²) in [6.45, 7) is 3.13. The van der Waals surface area contributed by atoms with Crippen LogP contribution in [0.4, 0.5) is 8.78 Å². The largest absolute Gasteiger partial charge is 0.481 e. The number of nitrogens with zero attached hydrogens (tertiary/aromatic N) is 4. The summed E-state index contributed by atoms with van der Waals surface area (Å²) in [5.41, 5.74) is 5.17. The first-order valence-corrected chi connectivity index (χ1v) is 24.5. The minimum atomic E-state index is -0.236. The van der Waals surface area contributed by atoms with Crippen LogP contribution in [0.2, 0.25) is 0 Å². The molecule has 6 aromatic rings. The van der Waals surface area contributed by atoms with Gasteiger partial charge in [0.1, 0.15) is 11.6 Å². The van der Waals surface area contributed by atoms with E-state index in [9.17, 15) is 18.4 Å². The number of fused-ring (bicyclic) bond motifs is 2. The van der Waals surface area contributed by atoms with Gasteiger partial charge in [-0.15, -0.1) is 0 Å². The van der Waals surface area contributed by atoms with Crippen molar-refractivity contribution in [1.29, 1.82) is 0 Å². The monoisotopic (exact) mass is 960 g/mol. The highest BCUT2D eigenvalue weighted by molar-refractivity contribution is 5.96. The van der Waals surface area contributed by atoms with Gasteiger partial charge in [-0.05, 0) is 159 Å². The Labute approximate surface area is 409 Å². The standard InChI is InChI=1S/2C28H33FN2O4/c2*1-33-13-14-35-18-22(15-27(32)21-7-10-28(34-2)31-17-21)19-3-5-20(6-4-19)24-11-12-30-26-9-8-23(29)16-25(24)26/h2*7-12,16-17,19-20,22H,3-6,13-15,18H2,1-2H3/t2*19?,20?,22-/m10/s1. The minimum absolute atomic E-state index is 0.0678. The van der Waals surface area contributed by atoms with E-state index in [4.69, 9.17) is 28.4 Å². The van der Waals surface area contributed by atoms with Crippen LogP contribution in [0, 0.1) is 35.3 Å². The summed E-state index contributed by atoms with van der Waals surface area (Å²) in [5.74, 6) is 2.36. The van der Waals surface area contributed by atoms with Gasteiger partial charge in [0, 0.05) is 85.9 Å². The number of ether oxygens (including phenoxy) is 6. The lowest BCUT2D eigenvalue weighted by Crippen LogP contribution is -2.27. The lowest BCUT2D eigenvalue weighted by Gasteiger charge is -2.34. The quantitative estimate of drug-likeness (QED) is 0.0472. The number of methoxy groups -OCH3 is 4. The Balaban J connectivity index is 0.000000206. The summed E-state index contributed by atoms with van der Waals surface area (Å²) in [6, 6.07) is 20.6. The predicted octanol–water partition coefficient (Wildman–Crippen LogP) is 11.2. The molecule has 2 aliphatic rings. The van der Waals surface area contributed by atoms with E-state index in [1.165, 1.54) is 23.3 Å². The number of aromatic nitrogens is 4. The lowest BCUT2D eigenvalue weighted by molar-refractivity contribution is 0.0293. The first-order chi connectivity index (χ1) is 34.2. The van der Waals surface area contributed by atoms with Gasteiger partial charge in [-0.2, -0.15) is 0 Å². The number of halogens is 2. The number of pyridine rings is 4. The third kappa shape index (κ3) is 14.2. The molecule has 2 atom stereocenters. The zero-order chi connectivity index (χ0) is 49.2. The maximum absolute atomic E-state index is 13.9. The molecule has 8 rings (SSSR count). The van der Waals surface area contributed by atoms with Crippen molar-refractivity contribution in [2.24, 2.45) is 23.7 Å². The second-order valence-electron chi connectivity index (χ2n) is 18.4. The molecule has 4 heterocycles. The van der Waals surface area contributed by atoms with Crippen LogP contribution in [0.15, 0.2) is 97.6 Å². The molecule has 0 aliphatic heterocycles. The fraction of sp³-hybridized carbons (Fsp3) is 0.464. The zero-order valence-corrected chi connectivity index (χ0v) is 40.8. The Morgan fingerprint density at radius 1 is 0.529 bits per heavy atom. The molecule has 0 radical (unpaired) electrons. The van der Waals surface area contributed by atoms with Crippen LogP contribution in [-0.2, 0) is 18.9 Å². The number of hydrogen-bond donors (Lipinski definition) is 0. The van der Waals surface area contributed by atoms with Crippen LogP contribution >= 0.6 is 0 Å². The van der Waals surface area contributed by atoms with Gasteiger partial charge in [-0.3, -0.25) is 19.6 Å². The Bertz CT molecular complexity index is 2410. The van der Waals surface area contributed by atoms with E-state index in [1.807, 2.05) is 24.5 Å². The first-order valence-electron chi connectivity index (χ1n) is 24.5. The highest BCUT2D eigenvalue weighted by atomic mass is 19.1. The predicted molar refractivity (Wildman–Crippen MR) is 265 cm³/mol. The van der Waals surface area contributed by atoms with Crippen LogP contribution in [0.25, 0.3) is 21.8 Å². The van der Waals surface area contributed by atoms with Crippen molar-refractivity contribution in [3.05, 3.63) is 131 Å². The third-order valence-corrected chi connectivity index (χ3v) is 14.2. The average molecular weight is 961 g/mol. The Kier molecular flexibility index (Phi) is 19.6. The molecule has 12 nitrogen and oxygen atoms in total. The van der Waals surface area contributed by atoms with E-state index >= 15 is 0 Å². The summed E-state index contributed by atoms with van der Waals surface area (Å²) >= 11 is 0. The number of carbonyl (C=O) groups excluding carboxylic acids is 2. The van der Waals surface area contributed by atoms with Gasteiger partial charge in [-0.1, -0.05) is 0 Å². The molecule has 70 heavy (non-hydrogen) atoms. The molecule has 2 aromatic carbocycles. The molecule has 2 fully saturated rings. The van der Waals surface area contributed by atoms with Crippen molar-refractivity contribution in [2.75, 3.05) is 68.1 Å². The number of carbonyl (C=O) groups is 2. The topological polar surface area (TPSA) is 141 Å². The van der Waals surface area contributed by atoms with Crippen molar-refractivity contribution in [2.45, 2.75) is 76.0 Å². The molecule has 0 spiro atoms. The van der Waals surface area contributed by atoms with Crippen molar-refractivity contribution < 1.29 is 46.8 Å². The fourth-order valence-corrected chi connectivity index (χ4v) is 10.3. The molecule has 0 unspecified atom stereocenters. The van der Waals surface area contributed by atoms with Gasteiger partial charge >= 0.3 is 0 Å². The number of hydrogen-bond acceptors (Lipinski definition) is 12. The van der Waals surface area contributed by atoms with Crippen LogP contribution in [-0.4, -0.2) is 99.6 Å². The number of benzene rings is 2. The van der Waals surface area contributed by atoms with Crippen molar-refractivity contribution in [3.63, 3.8) is 0 Å². The van der Waals surface area contributed by atoms with Gasteiger partial charge in [0.2, 0.25) is 11.8 Å². The fourth-order valence-electron chi connectivity index (χ4n) is 10.3. The number of ketones is 2. The number of rotatable bonds is 22. The summed E-state index contributed by atoms with van der Waals surface area (Å²) in [7, 11) is 6.41. The summed E-state index contributed by atoms with van der Waals surface area (Å²) in [5, 5.41) is 1.80. The second kappa shape index (κ2) is 26.4. The summed E-state index contributed by atoms with van der Waals surface area (Å²) in [6.07, 6.45) is 15.6. The summed E-state index contributed by atoms with van der Waals surface area (Å²) < 4.78 is 60.0. The van der Waals surface area contributed by atoms with Crippen LogP contribution in [0.3, 0.4) is 0 Å². The molecule has 0 amide bonds. The van der Waals surface area contributed by atoms with Crippen LogP contribution in [0.5, 0.6) is 11.8 Å². The molecular formula is C56H66F2N4O8. The smallest absolute Gasteiger partial charge is 0.212 e. The van der Waals surface area contributed by atoms with E-state index < -0.39 is 0 Å². The van der Waals surface area contributed by atoms with Crippen molar-refractivity contribution >= 4 is 33.4 Å². The zero-order valence-electron chi connectivity index (χ0n) is 40.8. The van der Waals surface area contributed by atoms with Gasteiger partial charge in [0.15, 0.2) is 11.6 Å². The van der Waals surface area contributed by atoms with Crippen LogP contribution in [0.1, 0.15) is 108 Å².